The summed E-state index contributed by atoms with van der Waals surface area (Å²) >= 11 is 0. The summed E-state index contributed by atoms with van der Waals surface area (Å²) in [6.07, 6.45) is -0.364. The van der Waals surface area contributed by atoms with Crippen LogP contribution in [0, 0.1) is 5.53 Å². The van der Waals surface area contributed by atoms with Gasteiger partial charge < -0.3 is 0 Å². The third-order valence-corrected chi connectivity index (χ3v) is 2.78. The fourth-order valence-electron chi connectivity index (χ4n) is 1.87. The second kappa shape index (κ2) is 6.01. The Kier molecular flexibility index (Phi) is 4.14. The van der Waals surface area contributed by atoms with E-state index in [9.17, 15) is 9.59 Å². The summed E-state index contributed by atoms with van der Waals surface area (Å²) in [4.78, 5) is 31.5. The van der Waals surface area contributed by atoms with Gasteiger partial charge in [-0.3, -0.25) is 25.0 Å². The lowest BCUT2D eigenvalue weighted by atomic mass is 10.0. The number of aliphatic imine (C=N–C) groups is 2. The molecule has 0 fully saturated rings. The molecule has 108 valence electrons. The minimum atomic E-state index is -0.520. The summed E-state index contributed by atoms with van der Waals surface area (Å²) in [5, 5.41) is 2.81. The molecule has 1 aromatic carbocycles. The van der Waals surface area contributed by atoms with Crippen molar-refractivity contribution in [3.63, 3.8) is 0 Å². The number of benzene rings is 1. The highest BCUT2D eigenvalue weighted by Gasteiger charge is 2.25. The maximum Gasteiger partial charge on any atom is 0.285 e. The fraction of sp³-hybridized carbons (Fsp3) is 0.167. The molecular weight excluding hydrogens is 274 g/mol. The van der Waals surface area contributed by atoms with Crippen molar-refractivity contribution in [2.24, 2.45) is 21.1 Å². The van der Waals surface area contributed by atoms with Crippen LogP contribution in [0.1, 0.15) is 22.8 Å². The highest BCUT2D eigenvalue weighted by Crippen LogP contribution is 2.14. The number of nitrogens with one attached hydrogen (secondary N) is 3. The largest absolute Gasteiger partial charge is 0.289 e. The second-order valence-electron chi connectivity index (χ2n) is 4.19. The summed E-state index contributed by atoms with van der Waals surface area (Å²) in [7, 11) is 0. The Balaban J connectivity index is 2.28. The van der Waals surface area contributed by atoms with Gasteiger partial charge in [-0.2, -0.15) is 5.53 Å². The number of hydrazine groups is 1. The molecule has 0 radical (unpaired) electrons. The molecule has 1 atom stereocenters. The average Bonchev–Trinajstić information content (AvgIpc) is 2.89. The van der Waals surface area contributed by atoms with Crippen LogP contribution in [0.25, 0.3) is 0 Å². The Morgan fingerprint density at radius 3 is 2.48 bits per heavy atom. The van der Waals surface area contributed by atoms with Crippen molar-refractivity contribution in [2.45, 2.75) is 13.1 Å². The number of nitrogens with zero attached hydrogens (tertiary/aromatic N) is 3. The number of hydrogen-bond acceptors (Lipinski definition) is 7. The molecule has 0 aromatic heterocycles. The van der Waals surface area contributed by atoms with E-state index < -0.39 is 11.8 Å². The molecule has 0 saturated carbocycles. The fourth-order valence-corrected chi connectivity index (χ4v) is 1.87. The molecule has 1 aliphatic heterocycles. The maximum atomic E-state index is 11.7. The van der Waals surface area contributed by atoms with Gasteiger partial charge >= 0.3 is 0 Å². The standard InChI is InChI=1S/C12H13N7O2/c1-6-15-9(10(16-6)12(21)17-13)7-2-4-8(5-3-7)11(20)18-19-14/h2-6H,13H2,1H3,(H,17,21)(H2,14,18,20). The molecule has 2 amide bonds. The monoisotopic (exact) mass is 287 g/mol. The lowest BCUT2D eigenvalue weighted by Gasteiger charge is -2.05. The van der Waals surface area contributed by atoms with Crippen LogP contribution in [0.15, 0.2) is 39.5 Å². The smallest absolute Gasteiger partial charge is 0.285 e. The lowest BCUT2D eigenvalue weighted by molar-refractivity contribution is -0.114. The molecule has 1 aliphatic rings. The van der Waals surface area contributed by atoms with Gasteiger partial charge in [0.2, 0.25) is 0 Å². The van der Waals surface area contributed by atoms with Crippen LogP contribution < -0.4 is 16.7 Å². The van der Waals surface area contributed by atoms with Gasteiger partial charge in [-0.1, -0.05) is 17.4 Å². The Morgan fingerprint density at radius 1 is 1.24 bits per heavy atom. The van der Waals surface area contributed by atoms with Crippen molar-refractivity contribution in [1.82, 2.24) is 10.9 Å². The molecule has 0 aliphatic carbocycles. The Labute approximate surface area is 119 Å². The van der Waals surface area contributed by atoms with E-state index in [1.807, 2.05) is 10.9 Å². The molecule has 1 unspecified atom stereocenters. The summed E-state index contributed by atoms with van der Waals surface area (Å²) in [5.41, 5.74) is 12.2. The quantitative estimate of drug-likeness (QED) is 0.266. The first-order valence-electron chi connectivity index (χ1n) is 6.01. The van der Waals surface area contributed by atoms with E-state index in [1.165, 1.54) is 0 Å². The van der Waals surface area contributed by atoms with Gasteiger partial charge in [0.25, 0.3) is 11.8 Å². The van der Waals surface area contributed by atoms with Crippen molar-refractivity contribution in [2.75, 3.05) is 0 Å². The average molecular weight is 287 g/mol. The molecule has 1 aromatic rings. The highest BCUT2D eigenvalue weighted by molar-refractivity contribution is 6.70. The zero-order chi connectivity index (χ0) is 15.4. The molecule has 0 saturated heterocycles. The molecule has 1 heterocycles. The van der Waals surface area contributed by atoms with E-state index in [0.717, 1.165) is 0 Å². The van der Waals surface area contributed by atoms with Crippen molar-refractivity contribution in [1.29, 1.82) is 5.53 Å². The zero-order valence-electron chi connectivity index (χ0n) is 11.1. The van der Waals surface area contributed by atoms with Crippen molar-refractivity contribution >= 4 is 23.2 Å². The van der Waals surface area contributed by atoms with Crippen LogP contribution in [0.2, 0.25) is 0 Å². The van der Waals surface area contributed by atoms with E-state index in [0.29, 0.717) is 16.8 Å². The Hall–Kier alpha value is -2.94. The lowest BCUT2D eigenvalue weighted by Crippen LogP contribution is -2.39. The van der Waals surface area contributed by atoms with E-state index in [-0.39, 0.29) is 11.9 Å². The number of rotatable bonds is 4. The molecule has 0 spiro atoms. The van der Waals surface area contributed by atoms with Gasteiger partial charge in [0, 0.05) is 11.1 Å². The van der Waals surface area contributed by atoms with E-state index in [4.69, 9.17) is 11.4 Å². The topological polar surface area (TPSA) is 145 Å². The molecule has 9 nitrogen and oxygen atoms in total. The predicted octanol–water partition coefficient (Wildman–Crippen LogP) is -0.0580. The number of amides is 2. The number of carbonyl (C=O) groups is 2. The number of hydrogen-bond donors (Lipinski definition) is 4. The van der Waals surface area contributed by atoms with Crippen molar-refractivity contribution in [3.8, 4) is 0 Å². The first kappa shape index (κ1) is 14.5. The number of nitrogens with two attached hydrogens (primary N) is 1. The van der Waals surface area contributed by atoms with Crippen LogP contribution in [0.4, 0.5) is 0 Å². The minimum absolute atomic E-state index is 0.156. The summed E-state index contributed by atoms with van der Waals surface area (Å²) in [6, 6.07) is 6.35. The van der Waals surface area contributed by atoms with Gasteiger partial charge in [0.05, 0.1) is 5.71 Å². The molecule has 0 bridgehead atoms. The SMILES string of the molecule is CC1N=C(C(=O)NN)C(c2ccc(C(=O)NN=N)cc2)=N1. The number of carbonyl (C=O) groups excluding carboxylic acids is 2. The molecule has 2 rings (SSSR count). The van der Waals surface area contributed by atoms with Gasteiger partial charge in [0.15, 0.2) is 5.71 Å². The van der Waals surface area contributed by atoms with Crippen molar-refractivity contribution < 1.29 is 9.59 Å². The van der Waals surface area contributed by atoms with Gasteiger partial charge in [-0.05, 0) is 19.1 Å². The van der Waals surface area contributed by atoms with Crippen LogP contribution in [0.5, 0.6) is 0 Å². The van der Waals surface area contributed by atoms with Crippen LogP contribution in [0.3, 0.4) is 0 Å². The van der Waals surface area contributed by atoms with E-state index in [1.54, 1.807) is 31.2 Å². The maximum absolute atomic E-state index is 11.7. The van der Waals surface area contributed by atoms with E-state index in [2.05, 4.69) is 15.2 Å². The van der Waals surface area contributed by atoms with Gasteiger partial charge in [-0.15, -0.1) is 0 Å². The third kappa shape index (κ3) is 2.98. The summed E-state index contributed by atoms with van der Waals surface area (Å²) in [6.45, 7) is 1.74. The van der Waals surface area contributed by atoms with Gasteiger partial charge in [-0.25, -0.2) is 11.3 Å². The second-order valence-corrected chi connectivity index (χ2v) is 4.19. The Morgan fingerprint density at radius 2 is 1.90 bits per heavy atom. The first-order valence-corrected chi connectivity index (χ1v) is 6.01. The predicted molar refractivity (Wildman–Crippen MR) is 74.8 cm³/mol. The minimum Gasteiger partial charge on any atom is -0.289 e. The molecule has 9 heteroatoms. The molecular formula is C12H13N7O2. The Bertz CT molecular complexity index is 648. The van der Waals surface area contributed by atoms with Crippen molar-refractivity contribution in [3.05, 3.63) is 35.4 Å². The zero-order valence-corrected chi connectivity index (χ0v) is 11.1. The third-order valence-electron chi connectivity index (χ3n) is 2.78. The normalized spacial score (nSPS) is 16.8. The molecule has 21 heavy (non-hydrogen) atoms. The highest BCUT2D eigenvalue weighted by atomic mass is 16.2. The summed E-state index contributed by atoms with van der Waals surface area (Å²) < 4.78 is 0. The van der Waals surface area contributed by atoms with Crippen LogP contribution in [-0.4, -0.2) is 29.4 Å². The van der Waals surface area contributed by atoms with Gasteiger partial charge in [0.1, 0.15) is 6.17 Å². The summed E-state index contributed by atoms with van der Waals surface area (Å²) in [5.74, 6) is 4.10. The first-order chi connectivity index (χ1) is 10.1. The van der Waals surface area contributed by atoms with E-state index >= 15 is 0 Å². The molecule has 5 N–H and O–H groups in total. The van der Waals surface area contributed by atoms with Crippen LogP contribution in [-0.2, 0) is 4.79 Å². The van der Waals surface area contributed by atoms with Crippen LogP contribution >= 0.6 is 0 Å².